The highest BCUT2D eigenvalue weighted by atomic mass is 16.5. The number of rotatable bonds is 2. The Hall–Kier alpha value is -2.67. The molecular weight excluding hydrogens is 282 g/mol. The summed E-state index contributed by atoms with van der Waals surface area (Å²) in [6, 6.07) is 5.46. The molecule has 0 saturated carbocycles. The first-order valence-corrected chi connectivity index (χ1v) is 7.17. The number of aromatic amines is 2. The maximum Gasteiger partial charge on any atom is 0.248 e. The summed E-state index contributed by atoms with van der Waals surface area (Å²) >= 11 is 0. The zero-order chi connectivity index (χ0) is 14.9. The topological polar surface area (TPSA) is 86.9 Å². The smallest absolute Gasteiger partial charge is 0.248 e. The molecule has 0 amide bonds. The van der Waals surface area contributed by atoms with E-state index in [4.69, 9.17) is 4.74 Å². The molecule has 2 N–H and O–H groups in total. The molecule has 0 aromatic carbocycles. The fourth-order valence-corrected chi connectivity index (χ4v) is 2.69. The second-order valence-electron chi connectivity index (χ2n) is 5.20. The molecule has 4 rings (SSSR count). The molecular formula is C15H15N5O2. The molecule has 7 heteroatoms. The van der Waals surface area contributed by atoms with Crippen LogP contribution in [-0.4, -0.2) is 46.5 Å². The van der Waals surface area contributed by atoms with E-state index >= 15 is 0 Å². The normalized spacial score (nSPS) is 15.4. The van der Waals surface area contributed by atoms with Gasteiger partial charge in [0.25, 0.3) is 0 Å². The van der Waals surface area contributed by atoms with Gasteiger partial charge in [-0.05, 0) is 12.1 Å². The SMILES string of the molecule is O=c1cc2c(-c3ccnc(N4CCOCC4)c3)n[nH]c2c[nH]1. The molecule has 112 valence electrons. The number of hydrogen-bond acceptors (Lipinski definition) is 5. The van der Waals surface area contributed by atoms with Crippen LogP contribution in [0.4, 0.5) is 5.82 Å². The number of anilines is 1. The maximum atomic E-state index is 11.5. The van der Waals surface area contributed by atoms with Crippen molar-refractivity contribution < 1.29 is 4.74 Å². The molecule has 1 aliphatic heterocycles. The van der Waals surface area contributed by atoms with Crippen LogP contribution in [0.3, 0.4) is 0 Å². The Morgan fingerprint density at radius 1 is 1.23 bits per heavy atom. The number of pyridine rings is 2. The molecule has 4 heterocycles. The third-order valence-corrected chi connectivity index (χ3v) is 3.82. The number of aromatic nitrogens is 4. The lowest BCUT2D eigenvalue weighted by Crippen LogP contribution is -2.36. The Kier molecular flexibility index (Phi) is 3.12. The van der Waals surface area contributed by atoms with Crippen molar-refractivity contribution >= 4 is 16.7 Å². The van der Waals surface area contributed by atoms with Gasteiger partial charge in [-0.15, -0.1) is 0 Å². The second-order valence-corrected chi connectivity index (χ2v) is 5.20. The van der Waals surface area contributed by atoms with Gasteiger partial charge in [0.15, 0.2) is 0 Å². The van der Waals surface area contributed by atoms with Gasteiger partial charge in [-0.25, -0.2) is 4.98 Å². The van der Waals surface area contributed by atoms with E-state index in [1.54, 1.807) is 18.5 Å². The monoisotopic (exact) mass is 297 g/mol. The summed E-state index contributed by atoms with van der Waals surface area (Å²) in [7, 11) is 0. The van der Waals surface area contributed by atoms with E-state index < -0.39 is 0 Å². The summed E-state index contributed by atoms with van der Waals surface area (Å²) in [5.74, 6) is 0.904. The number of ether oxygens (including phenoxy) is 1. The summed E-state index contributed by atoms with van der Waals surface area (Å²) < 4.78 is 5.37. The highest BCUT2D eigenvalue weighted by Gasteiger charge is 2.15. The van der Waals surface area contributed by atoms with Gasteiger partial charge in [0.1, 0.15) is 11.5 Å². The van der Waals surface area contributed by atoms with Gasteiger partial charge < -0.3 is 14.6 Å². The van der Waals surface area contributed by atoms with E-state index in [-0.39, 0.29) is 5.56 Å². The number of fused-ring (bicyclic) bond motifs is 1. The van der Waals surface area contributed by atoms with Crippen molar-refractivity contribution in [3.63, 3.8) is 0 Å². The van der Waals surface area contributed by atoms with Crippen LogP contribution in [0.1, 0.15) is 0 Å². The highest BCUT2D eigenvalue weighted by Crippen LogP contribution is 2.27. The van der Waals surface area contributed by atoms with Gasteiger partial charge in [0.05, 0.1) is 18.7 Å². The minimum absolute atomic E-state index is 0.141. The fraction of sp³-hybridized carbons (Fsp3) is 0.267. The average molecular weight is 297 g/mol. The van der Waals surface area contributed by atoms with E-state index in [0.29, 0.717) is 13.2 Å². The summed E-state index contributed by atoms with van der Waals surface area (Å²) in [6.07, 6.45) is 3.41. The van der Waals surface area contributed by atoms with Crippen molar-refractivity contribution in [1.82, 2.24) is 20.2 Å². The third-order valence-electron chi connectivity index (χ3n) is 3.82. The van der Waals surface area contributed by atoms with Gasteiger partial charge in [-0.1, -0.05) is 0 Å². The summed E-state index contributed by atoms with van der Waals surface area (Å²) in [4.78, 5) is 20.8. The lowest BCUT2D eigenvalue weighted by Gasteiger charge is -2.27. The fourth-order valence-electron chi connectivity index (χ4n) is 2.69. The number of hydrogen-bond donors (Lipinski definition) is 2. The lowest BCUT2D eigenvalue weighted by atomic mass is 10.1. The van der Waals surface area contributed by atoms with Crippen molar-refractivity contribution in [3.8, 4) is 11.3 Å². The number of nitrogens with one attached hydrogen (secondary N) is 2. The highest BCUT2D eigenvalue weighted by molar-refractivity contribution is 5.92. The van der Waals surface area contributed by atoms with Crippen LogP contribution in [0, 0.1) is 0 Å². The second kappa shape index (κ2) is 5.27. The van der Waals surface area contributed by atoms with Crippen molar-refractivity contribution in [3.05, 3.63) is 40.9 Å². The van der Waals surface area contributed by atoms with Gasteiger partial charge in [0.2, 0.25) is 5.56 Å². The molecule has 0 radical (unpaired) electrons. The molecule has 0 bridgehead atoms. The molecule has 7 nitrogen and oxygen atoms in total. The van der Waals surface area contributed by atoms with Crippen LogP contribution >= 0.6 is 0 Å². The number of morpholine rings is 1. The first kappa shape index (κ1) is 13.0. The first-order chi connectivity index (χ1) is 10.8. The van der Waals surface area contributed by atoms with Crippen LogP contribution in [0.25, 0.3) is 22.2 Å². The van der Waals surface area contributed by atoms with Crippen LogP contribution in [0.15, 0.2) is 35.4 Å². The van der Waals surface area contributed by atoms with Crippen LogP contribution in [-0.2, 0) is 4.74 Å². The summed E-state index contributed by atoms with van der Waals surface area (Å²) in [5.41, 5.74) is 2.36. The third kappa shape index (κ3) is 2.25. The average Bonchev–Trinajstić information content (AvgIpc) is 2.99. The van der Waals surface area contributed by atoms with E-state index in [1.165, 1.54) is 0 Å². The van der Waals surface area contributed by atoms with Gasteiger partial charge in [0, 0.05) is 42.5 Å². The largest absolute Gasteiger partial charge is 0.378 e. The maximum absolute atomic E-state index is 11.5. The van der Waals surface area contributed by atoms with Gasteiger partial charge >= 0.3 is 0 Å². The molecule has 0 unspecified atom stereocenters. The van der Waals surface area contributed by atoms with Crippen molar-refractivity contribution in [2.24, 2.45) is 0 Å². The van der Waals surface area contributed by atoms with Gasteiger partial charge in [-0.2, -0.15) is 5.10 Å². The standard InChI is InChI=1S/C15H15N5O2/c21-14-8-11-12(9-17-14)18-19-15(11)10-1-2-16-13(7-10)20-3-5-22-6-4-20/h1-2,7-9H,3-6H2,(H,17,21)(H,18,19). The molecule has 0 aliphatic carbocycles. The predicted octanol–water partition coefficient (Wildman–Crippen LogP) is 1.15. The minimum Gasteiger partial charge on any atom is -0.378 e. The van der Waals surface area contributed by atoms with Crippen molar-refractivity contribution in [2.45, 2.75) is 0 Å². The number of H-pyrrole nitrogens is 2. The van der Waals surface area contributed by atoms with Gasteiger partial charge in [-0.3, -0.25) is 9.89 Å². The Bertz CT molecular complexity index is 863. The zero-order valence-corrected chi connectivity index (χ0v) is 11.9. The molecule has 22 heavy (non-hydrogen) atoms. The Labute approximate surface area is 125 Å². The molecule has 0 spiro atoms. The molecule has 1 saturated heterocycles. The Morgan fingerprint density at radius 3 is 2.95 bits per heavy atom. The minimum atomic E-state index is -0.141. The molecule has 1 aliphatic rings. The lowest BCUT2D eigenvalue weighted by molar-refractivity contribution is 0.122. The zero-order valence-electron chi connectivity index (χ0n) is 11.9. The van der Waals surface area contributed by atoms with Crippen LogP contribution < -0.4 is 10.5 Å². The first-order valence-electron chi connectivity index (χ1n) is 7.17. The molecule has 3 aromatic heterocycles. The molecule has 0 atom stereocenters. The predicted molar refractivity (Wildman–Crippen MR) is 83.0 cm³/mol. The summed E-state index contributed by atoms with van der Waals surface area (Å²) in [5, 5.41) is 8.08. The van der Waals surface area contributed by atoms with E-state index in [9.17, 15) is 4.79 Å². The van der Waals surface area contributed by atoms with E-state index in [1.807, 2.05) is 12.1 Å². The van der Waals surface area contributed by atoms with Crippen LogP contribution in [0.2, 0.25) is 0 Å². The van der Waals surface area contributed by atoms with E-state index in [0.717, 1.165) is 41.1 Å². The van der Waals surface area contributed by atoms with Crippen molar-refractivity contribution in [1.29, 1.82) is 0 Å². The Balaban J connectivity index is 1.78. The quantitative estimate of drug-likeness (QED) is 0.741. The molecule has 3 aromatic rings. The van der Waals surface area contributed by atoms with Crippen LogP contribution in [0.5, 0.6) is 0 Å². The van der Waals surface area contributed by atoms with E-state index in [2.05, 4.69) is 25.1 Å². The van der Waals surface area contributed by atoms with Crippen molar-refractivity contribution in [2.75, 3.05) is 31.2 Å². The number of nitrogens with zero attached hydrogens (tertiary/aromatic N) is 3. The summed E-state index contributed by atoms with van der Waals surface area (Å²) in [6.45, 7) is 3.09. The Morgan fingerprint density at radius 2 is 2.09 bits per heavy atom. The molecule has 1 fully saturated rings.